The molecule has 4 aromatic carbocycles. The van der Waals surface area contributed by atoms with Crippen LogP contribution in [0.4, 0.5) is 11.4 Å². The average molecular weight is 742 g/mol. The van der Waals surface area contributed by atoms with Gasteiger partial charge in [0.2, 0.25) is 5.69 Å². The van der Waals surface area contributed by atoms with Gasteiger partial charge in [0.05, 0.1) is 31.1 Å². The lowest BCUT2D eigenvalue weighted by atomic mass is 9.79. The van der Waals surface area contributed by atoms with Crippen LogP contribution in [0.1, 0.15) is 86.3 Å². The van der Waals surface area contributed by atoms with Gasteiger partial charge in [0.15, 0.2) is 12.3 Å². The highest BCUT2D eigenvalue weighted by atomic mass is 31.2. The van der Waals surface area contributed by atoms with E-state index in [-0.39, 0.29) is 22.9 Å². The van der Waals surface area contributed by atoms with Crippen LogP contribution in [0.15, 0.2) is 109 Å². The van der Waals surface area contributed by atoms with E-state index in [0.29, 0.717) is 19.6 Å². The second kappa shape index (κ2) is 16.7. The number of rotatable bonds is 15. The minimum Gasteiger partial charge on any atom is -0.344 e. The van der Waals surface area contributed by atoms with Crippen LogP contribution in [-0.2, 0) is 19.9 Å². The highest BCUT2D eigenvalue weighted by Crippen LogP contribution is 2.51. The number of likely N-dealkylation sites (N-methyl/N-ethyl adjacent to an activating group) is 1. The topological polar surface area (TPSA) is 51.7 Å². The largest absolute Gasteiger partial charge is 0.344 e. The molecule has 1 atom stereocenters. The summed E-state index contributed by atoms with van der Waals surface area (Å²) in [5.41, 5.74) is 7.64. The number of benzene rings is 4. The third kappa shape index (κ3) is 7.58. The van der Waals surface area contributed by atoms with Gasteiger partial charge >= 0.3 is 0 Å². The maximum Gasteiger partial charge on any atom is 0.259 e. The van der Waals surface area contributed by atoms with Gasteiger partial charge in [-0.3, -0.25) is 0 Å². The molecule has 0 saturated carbocycles. The first-order valence-electron chi connectivity index (χ1n) is 19.7. The Kier molecular flexibility index (Phi) is 12.3. The van der Waals surface area contributed by atoms with Gasteiger partial charge in [-0.2, -0.15) is 9.84 Å². The first-order valence-corrected chi connectivity index (χ1v) is 20.8. The molecule has 4 aromatic rings. The van der Waals surface area contributed by atoms with E-state index < -0.39 is 8.53 Å². The Balaban J connectivity index is 1.27. The Morgan fingerprint density at radius 3 is 2.07 bits per heavy atom. The van der Waals surface area contributed by atoms with Crippen molar-refractivity contribution in [3.05, 3.63) is 120 Å². The van der Waals surface area contributed by atoms with Gasteiger partial charge in [-0.05, 0) is 93.8 Å². The molecule has 54 heavy (non-hydrogen) atoms. The summed E-state index contributed by atoms with van der Waals surface area (Å²) in [4.78, 5) is 2.47. The summed E-state index contributed by atoms with van der Waals surface area (Å²) in [5, 5.41) is 14.3. The van der Waals surface area contributed by atoms with Crippen LogP contribution < -0.4 is 4.90 Å². The Hall–Kier alpha value is -4.11. The maximum atomic E-state index is 9.13. The van der Waals surface area contributed by atoms with E-state index in [1.54, 1.807) is 0 Å². The molecule has 0 saturated heterocycles. The molecule has 0 bridgehead atoms. The molecule has 2 aliphatic heterocycles. The number of hydrogen-bond donors (Lipinski definition) is 0. The number of nitriles is 1. The summed E-state index contributed by atoms with van der Waals surface area (Å²) in [5.74, 6) is 0. The van der Waals surface area contributed by atoms with E-state index >= 15 is 0 Å². The number of nitrogens with zero attached hydrogens (tertiary/aromatic N) is 4. The molecule has 1 unspecified atom stereocenters. The summed E-state index contributed by atoms with van der Waals surface area (Å²) in [7, 11) is -1.27. The van der Waals surface area contributed by atoms with Gasteiger partial charge in [0, 0.05) is 59.6 Å². The van der Waals surface area contributed by atoms with E-state index in [4.69, 9.17) is 14.3 Å². The SMILES string of the molecule is CCN1\C(=C/C=C/C=C/C2=[N+](CCCOP(OCCC#N)N(C(C)C)C(C)C)c3ccc4ccccc4c3C2(C)C)C(C)(C)c2c1ccc1ccccc21. The number of hydrogen-bond acceptors (Lipinski definition) is 5. The van der Waals surface area contributed by atoms with E-state index in [1.165, 1.54) is 55.5 Å². The van der Waals surface area contributed by atoms with Crippen molar-refractivity contribution in [3.63, 3.8) is 0 Å². The molecular weight excluding hydrogens is 684 g/mol. The standard InChI is InChI=1S/C47H58N4O2P/c1-10-49-40-28-26-36-20-14-16-22-38(36)44(40)46(6,7)42(49)24-12-11-13-25-43-47(8,9)45-39-23-17-15-21-37(39)27-29-41(45)50(43)31-19-33-53-54(52-32-18-30-48)51(34(2)3)35(4)5/h11-17,20-29,34-35H,10,18-19,31-33H2,1-9H3/q+1. The average Bonchev–Trinajstić information content (AvgIpc) is 3.50. The van der Waals surface area contributed by atoms with Gasteiger partial charge in [0.1, 0.15) is 0 Å². The Morgan fingerprint density at radius 1 is 0.796 bits per heavy atom. The molecule has 0 fully saturated rings. The fraction of sp³-hybridized carbons (Fsp3) is 0.404. The Bertz CT molecular complexity index is 2140. The summed E-state index contributed by atoms with van der Waals surface area (Å²) in [6, 6.07) is 29.3. The molecule has 0 radical (unpaired) electrons. The van der Waals surface area contributed by atoms with E-state index in [2.05, 4.69) is 186 Å². The molecule has 282 valence electrons. The van der Waals surface area contributed by atoms with Crippen LogP contribution in [-0.4, -0.2) is 53.3 Å². The molecule has 6 rings (SSSR count). The van der Waals surface area contributed by atoms with E-state index in [0.717, 1.165) is 19.5 Å². The molecular formula is C47H58N4O2P+. The lowest BCUT2D eigenvalue weighted by Gasteiger charge is -2.35. The smallest absolute Gasteiger partial charge is 0.259 e. The van der Waals surface area contributed by atoms with Gasteiger partial charge in [-0.15, -0.1) is 0 Å². The summed E-state index contributed by atoms with van der Waals surface area (Å²) in [6.45, 7) is 23.0. The van der Waals surface area contributed by atoms with Crippen molar-refractivity contribution in [2.75, 3.05) is 31.2 Å². The molecule has 6 nitrogen and oxygen atoms in total. The van der Waals surface area contributed by atoms with E-state index in [1.807, 2.05) is 0 Å². The van der Waals surface area contributed by atoms with Gasteiger partial charge < -0.3 is 13.9 Å². The third-order valence-corrected chi connectivity index (χ3v) is 13.1. The molecule has 2 heterocycles. The number of anilines is 1. The minimum atomic E-state index is -1.27. The van der Waals surface area contributed by atoms with Crippen LogP contribution in [0.2, 0.25) is 0 Å². The molecule has 7 heteroatoms. The first kappa shape index (κ1) is 39.6. The van der Waals surface area contributed by atoms with Crippen LogP contribution in [0, 0.1) is 11.3 Å². The summed E-state index contributed by atoms with van der Waals surface area (Å²) in [6.07, 6.45) is 12.4. The van der Waals surface area contributed by atoms with Crippen molar-refractivity contribution in [2.24, 2.45) is 0 Å². The lowest BCUT2D eigenvalue weighted by Crippen LogP contribution is -2.33. The predicted octanol–water partition coefficient (Wildman–Crippen LogP) is 11.9. The highest BCUT2D eigenvalue weighted by Gasteiger charge is 2.45. The normalized spacial score (nSPS) is 17.7. The van der Waals surface area contributed by atoms with E-state index in [9.17, 15) is 0 Å². The van der Waals surface area contributed by atoms with Gasteiger partial charge in [0.25, 0.3) is 8.53 Å². The van der Waals surface area contributed by atoms with Crippen molar-refractivity contribution in [1.29, 1.82) is 5.26 Å². The number of allylic oxidation sites excluding steroid dienone is 6. The Labute approximate surface area is 325 Å². The third-order valence-electron chi connectivity index (χ3n) is 10.9. The molecule has 0 spiro atoms. The number of fused-ring (bicyclic) bond motifs is 6. The predicted molar refractivity (Wildman–Crippen MR) is 229 cm³/mol. The fourth-order valence-electron chi connectivity index (χ4n) is 8.69. The highest BCUT2D eigenvalue weighted by molar-refractivity contribution is 7.44. The van der Waals surface area contributed by atoms with Gasteiger partial charge in [-0.25, -0.2) is 4.67 Å². The van der Waals surface area contributed by atoms with Crippen molar-refractivity contribution < 1.29 is 13.6 Å². The zero-order chi connectivity index (χ0) is 38.6. The van der Waals surface area contributed by atoms with Crippen LogP contribution in [0.25, 0.3) is 21.5 Å². The maximum absolute atomic E-state index is 9.13. The molecule has 2 aliphatic rings. The van der Waals surface area contributed by atoms with Crippen LogP contribution >= 0.6 is 8.53 Å². The van der Waals surface area contributed by atoms with Gasteiger partial charge in [-0.1, -0.05) is 86.7 Å². The zero-order valence-electron chi connectivity index (χ0n) is 33.8. The summed E-state index contributed by atoms with van der Waals surface area (Å²) < 4.78 is 17.5. The van der Waals surface area contributed by atoms with Crippen LogP contribution in [0.3, 0.4) is 0 Å². The minimum absolute atomic E-state index is 0.119. The van der Waals surface area contributed by atoms with Crippen molar-refractivity contribution in [3.8, 4) is 6.07 Å². The molecule has 0 amide bonds. The quantitative estimate of drug-likeness (QED) is 0.0525. The van der Waals surface area contributed by atoms with Crippen molar-refractivity contribution in [1.82, 2.24) is 4.67 Å². The van der Waals surface area contributed by atoms with Crippen molar-refractivity contribution >= 4 is 47.2 Å². The van der Waals surface area contributed by atoms with Crippen LogP contribution in [0.5, 0.6) is 0 Å². The molecule has 0 N–H and O–H groups in total. The fourth-order valence-corrected chi connectivity index (χ4v) is 10.3. The zero-order valence-corrected chi connectivity index (χ0v) is 34.7. The van der Waals surface area contributed by atoms with Crippen molar-refractivity contribution in [2.45, 2.75) is 98.1 Å². The Morgan fingerprint density at radius 2 is 1.43 bits per heavy atom. The molecule has 0 aromatic heterocycles. The summed E-state index contributed by atoms with van der Waals surface area (Å²) >= 11 is 0. The second-order valence-electron chi connectivity index (χ2n) is 15.9. The monoisotopic (exact) mass is 741 g/mol. The second-order valence-corrected chi connectivity index (χ2v) is 17.4. The lowest BCUT2D eigenvalue weighted by molar-refractivity contribution is -0.438. The first-order chi connectivity index (χ1) is 25.9. The molecule has 0 aliphatic carbocycles.